The Labute approximate surface area is 147 Å². The Kier molecular flexibility index (Phi) is 6.58. The second-order valence-corrected chi connectivity index (χ2v) is 8.92. The molecule has 2 unspecified atom stereocenters. The van der Waals surface area contributed by atoms with Crippen molar-refractivity contribution in [1.82, 2.24) is 4.90 Å². The van der Waals surface area contributed by atoms with Crippen molar-refractivity contribution in [3.8, 4) is 0 Å². The third-order valence-electron chi connectivity index (χ3n) is 5.45. The SMILES string of the molecule is CCCCCCCCC1(O)CC2CCC(C1)N2C(=O)OC(C)(C)C. The lowest BCUT2D eigenvalue weighted by molar-refractivity contribution is -0.0635. The van der Waals surface area contributed by atoms with Crippen LogP contribution in [0.25, 0.3) is 0 Å². The Bertz CT molecular complexity index is 402. The maximum Gasteiger partial charge on any atom is 0.410 e. The van der Waals surface area contributed by atoms with E-state index in [0.717, 1.165) is 38.5 Å². The first-order valence-corrected chi connectivity index (χ1v) is 9.98. The fourth-order valence-corrected chi connectivity index (χ4v) is 4.37. The molecule has 4 nitrogen and oxygen atoms in total. The van der Waals surface area contributed by atoms with Gasteiger partial charge in [-0.3, -0.25) is 0 Å². The van der Waals surface area contributed by atoms with Gasteiger partial charge in [-0.25, -0.2) is 4.79 Å². The van der Waals surface area contributed by atoms with E-state index in [4.69, 9.17) is 4.74 Å². The van der Waals surface area contributed by atoms with Gasteiger partial charge in [0.25, 0.3) is 0 Å². The molecule has 2 aliphatic rings. The number of carbonyl (C=O) groups is 1. The summed E-state index contributed by atoms with van der Waals surface area (Å²) >= 11 is 0. The zero-order valence-corrected chi connectivity index (χ0v) is 16.1. The highest BCUT2D eigenvalue weighted by Crippen LogP contribution is 2.43. The van der Waals surface area contributed by atoms with Crippen molar-refractivity contribution in [2.75, 3.05) is 0 Å². The van der Waals surface area contributed by atoms with E-state index in [1.165, 1.54) is 32.1 Å². The molecule has 2 rings (SSSR count). The quantitative estimate of drug-likeness (QED) is 0.662. The Hall–Kier alpha value is -0.770. The Morgan fingerprint density at radius 3 is 2.17 bits per heavy atom. The van der Waals surface area contributed by atoms with Crippen LogP contribution in [0.15, 0.2) is 0 Å². The summed E-state index contributed by atoms with van der Waals surface area (Å²) in [5.41, 5.74) is -1.03. The zero-order chi connectivity index (χ0) is 17.8. The average molecular weight is 340 g/mol. The van der Waals surface area contributed by atoms with Gasteiger partial charge in [0.2, 0.25) is 0 Å². The van der Waals surface area contributed by atoms with Gasteiger partial charge in [-0.05, 0) is 52.9 Å². The van der Waals surface area contributed by atoms with E-state index >= 15 is 0 Å². The standard InChI is InChI=1S/C20H37NO3/c1-5-6-7-8-9-10-13-20(23)14-16-11-12-17(15-20)21(16)18(22)24-19(2,3)4/h16-17,23H,5-15H2,1-4H3. The molecular formula is C20H37NO3. The summed E-state index contributed by atoms with van der Waals surface area (Å²) in [6, 6.07) is 0.312. The number of fused-ring (bicyclic) bond motifs is 2. The number of unbranched alkanes of at least 4 members (excludes halogenated alkanes) is 5. The number of carbonyl (C=O) groups excluding carboxylic acids is 1. The van der Waals surface area contributed by atoms with Crippen LogP contribution < -0.4 is 0 Å². The fraction of sp³-hybridized carbons (Fsp3) is 0.950. The molecule has 2 heterocycles. The van der Waals surface area contributed by atoms with Gasteiger partial charge >= 0.3 is 6.09 Å². The summed E-state index contributed by atoms with van der Waals surface area (Å²) in [4.78, 5) is 14.4. The largest absolute Gasteiger partial charge is 0.444 e. The second kappa shape index (κ2) is 8.07. The van der Waals surface area contributed by atoms with E-state index in [1.54, 1.807) is 0 Å². The molecule has 0 aromatic heterocycles. The predicted octanol–water partition coefficient (Wildman–Crippen LogP) is 5.03. The molecule has 140 valence electrons. The van der Waals surface area contributed by atoms with Crippen molar-refractivity contribution in [2.24, 2.45) is 0 Å². The monoisotopic (exact) mass is 339 g/mol. The van der Waals surface area contributed by atoms with Gasteiger partial charge in [-0.2, -0.15) is 0 Å². The lowest BCUT2D eigenvalue weighted by atomic mass is 9.82. The summed E-state index contributed by atoms with van der Waals surface area (Å²) in [5.74, 6) is 0. The molecule has 1 N–H and O–H groups in total. The molecule has 0 aromatic rings. The van der Waals surface area contributed by atoms with Crippen LogP contribution in [0.4, 0.5) is 4.79 Å². The van der Waals surface area contributed by atoms with Crippen LogP contribution in [0.2, 0.25) is 0 Å². The van der Waals surface area contributed by atoms with E-state index in [2.05, 4.69) is 6.92 Å². The smallest absolute Gasteiger partial charge is 0.410 e. The topological polar surface area (TPSA) is 49.8 Å². The van der Waals surface area contributed by atoms with Crippen LogP contribution >= 0.6 is 0 Å². The summed E-state index contributed by atoms with van der Waals surface area (Å²) in [7, 11) is 0. The van der Waals surface area contributed by atoms with Gasteiger partial charge in [0.15, 0.2) is 0 Å². The average Bonchev–Trinajstić information content (AvgIpc) is 2.74. The van der Waals surface area contributed by atoms with Crippen molar-refractivity contribution in [1.29, 1.82) is 0 Å². The highest BCUT2D eigenvalue weighted by molar-refractivity contribution is 5.69. The first-order chi connectivity index (χ1) is 11.2. The Morgan fingerprint density at radius 2 is 1.62 bits per heavy atom. The van der Waals surface area contributed by atoms with E-state index in [0.29, 0.717) is 0 Å². The van der Waals surface area contributed by atoms with Crippen LogP contribution in [0, 0.1) is 0 Å². The van der Waals surface area contributed by atoms with Gasteiger partial charge in [-0.1, -0.05) is 45.4 Å². The molecule has 0 saturated carbocycles. The van der Waals surface area contributed by atoms with Crippen molar-refractivity contribution < 1.29 is 14.6 Å². The first-order valence-electron chi connectivity index (χ1n) is 9.98. The lowest BCUT2D eigenvalue weighted by Gasteiger charge is -2.44. The molecule has 0 aliphatic carbocycles. The van der Waals surface area contributed by atoms with E-state index < -0.39 is 11.2 Å². The summed E-state index contributed by atoms with van der Waals surface area (Å²) in [6.07, 6.45) is 11.6. The van der Waals surface area contributed by atoms with Gasteiger partial charge in [0.1, 0.15) is 5.60 Å². The molecule has 0 spiro atoms. The number of nitrogens with zero attached hydrogens (tertiary/aromatic N) is 1. The lowest BCUT2D eigenvalue weighted by Crippen LogP contribution is -2.54. The van der Waals surface area contributed by atoms with Gasteiger partial charge in [0, 0.05) is 12.1 Å². The van der Waals surface area contributed by atoms with E-state index in [9.17, 15) is 9.90 Å². The molecule has 4 heteroatoms. The van der Waals surface area contributed by atoms with Gasteiger partial charge in [-0.15, -0.1) is 0 Å². The Morgan fingerprint density at radius 1 is 1.08 bits per heavy atom. The fourth-order valence-electron chi connectivity index (χ4n) is 4.37. The van der Waals surface area contributed by atoms with Gasteiger partial charge < -0.3 is 14.7 Å². The van der Waals surface area contributed by atoms with Crippen molar-refractivity contribution in [3.05, 3.63) is 0 Å². The van der Waals surface area contributed by atoms with Crippen molar-refractivity contribution in [3.63, 3.8) is 0 Å². The summed E-state index contributed by atoms with van der Waals surface area (Å²) < 4.78 is 5.57. The highest BCUT2D eigenvalue weighted by Gasteiger charge is 2.49. The normalized spacial score (nSPS) is 29.8. The van der Waals surface area contributed by atoms with Crippen LogP contribution in [-0.4, -0.2) is 39.4 Å². The van der Waals surface area contributed by atoms with E-state index in [1.807, 2.05) is 25.7 Å². The van der Waals surface area contributed by atoms with Crippen LogP contribution in [0.1, 0.15) is 98.3 Å². The van der Waals surface area contributed by atoms with Crippen molar-refractivity contribution >= 4 is 6.09 Å². The first kappa shape index (κ1) is 19.6. The minimum Gasteiger partial charge on any atom is -0.444 e. The maximum absolute atomic E-state index is 12.5. The third kappa shape index (κ3) is 5.37. The molecule has 2 saturated heterocycles. The molecular weight excluding hydrogens is 302 g/mol. The minimum absolute atomic E-state index is 0.156. The molecule has 2 atom stereocenters. The summed E-state index contributed by atoms with van der Waals surface area (Å²) in [5, 5.41) is 11.0. The zero-order valence-electron chi connectivity index (χ0n) is 16.1. The number of amides is 1. The molecule has 0 radical (unpaired) electrons. The minimum atomic E-state index is -0.574. The summed E-state index contributed by atoms with van der Waals surface area (Å²) in [6.45, 7) is 7.96. The third-order valence-corrected chi connectivity index (χ3v) is 5.45. The number of ether oxygens (including phenoxy) is 1. The van der Waals surface area contributed by atoms with E-state index in [-0.39, 0.29) is 18.2 Å². The van der Waals surface area contributed by atoms with Gasteiger partial charge in [0.05, 0.1) is 5.60 Å². The highest BCUT2D eigenvalue weighted by atomic mass is 16.6. The second-order valence-electron chi connectivity index (χ2n) is 8.92. The number of hydrogen-bond donors (Lipinski definition) is 1. The molecule has 2 aliphatic heterocycles. The maximum atomic E-state index is 12.5. The molecule has 24 heavy (non-hydrogen) atoms. The number of rotatable bonds is 7. The van der Waals surface area contributed by atoms with Crippen LogP contribution in [-0.2, 0) is 4.74 Å². The molecule has 0 aromatic carbocycles. The van der Waals surface area contributed by atoms with Crippen LogP contribution in [0.5, 0.6) is 0 Å². The number of piperidine rings is 1. The Balaban J connectivity index is 1.82. The molecule has 2 fully saturated rings. The molecule has 1 amide bonds. The number of aliphatic hydroxyl groups is 1. The van der Waals surface area contributed by atoms with Crippen LogP contribution in [0.3, 0.4) is 0 Å². The predicted molar refractivity (Wildman–Crippen MR) is 97.1 cm³/mol. The number of hydrogen-bond acceptors (Lipinski definition) is 3. The van der Waals surface area contributed by atoms with Crippen molar-refractivity contribution in [2.45, 2.75) is 122 Å². The molecule has 2 bridgehead atoms.